The van der Waals surface area contributed by atoms with Crippen LogP contribution in [-0.4, -0.2) is 38.9 Å². The zero-order chi connectivity index (χ0) is 12.5. The largest absolute Gasteiger partial charge is 0.389 e. The Kier molecular flexibility index (Phi) is 3.48. The zero-order valence-corrected chi connectivity index (χ0v) is 10.3. The Morgan fingerprint density at radius 2 is 1.94 bits per heavy atom. The molecule has 0 radical (unpaired) electrons. The van der Waals surface area contributed by atoms with Crippen LogP contribution in [0.2, 0.25) is 0 Å². The van der Waals surface area contributed by atoms with Crippen molar-refractivity contribution in [1.29, 1.82) is 0 Å². The Morgan fingerprint density at radius 1 is 1.29 bits per heavy atom. The molecule has 2 unspecified atom stereocenters. The van der Waals surface area contributed by atoms with Gasteiger partial charge >= 0.3 is 0 Å². The molecule has 1 heterocycles. The molecule has 1 aliphatic rings. The Balaban J connectivity index is 2.16. The van der Waals surface area contributed by atoms with Crippen molar-refractivity contribution >= 4 is 10.0 Å². The highest BCUT2D eigenvalue weighted by Gasteiger charge is 2.30. The molecule has 1 aromatic rings. The third-order valence-electron chi connectivity index (χ3n) is 2.69. The predicted octanol–water partition coefficient (Wildman–Crippen LogP) is 0.0330. The normalized spacial score (nSPS) is 25.1. The highest BCUT2D eigenvalue weighted by Crippen LogP contribution is 2.13. The van der Waals surface area contributed by atoms with Crippen molar-refractivity contribution in [3.05, 3.63) is 29.8 Å². The molecule has 1 aliphatic heterocycles. The van der Waals surface area contributed by atoms with Crippen LogP contribution < -0.4 is 4.72 Å². The van der Waals surface area contributed by atoms with Crippen LogP contribution in [0.15, 0.2) is 29.2 Å². The fourth-order valence-corrected chi connectivity index (χ4v) is 2.89. The van der Waals surface area contributed by atoms with Gasteiger partial charge in [0.2, 0.25) is 10.0 Å². The molecule has 1 saturated heterocycles. The molecule has 2 rings (SSSR count). The van der Waals surface area contributed by atoms with Gasteiger partial charge in [0.15, 0.2) is 0 Å². The molecule has 17 heavy (non-hydrogen) atoms. The molecule has 0 bridgehead atoms. The van der Waals surface area contributed by atoms with Crippen molar-refractivity contribution in [3.8, 4) is 0 Å². The van der Waals surface area contributed by atoms with E-state index in [9.17, 15) is 13.5 Å². The predicted molar refractivity (Wildman–Crippen MR) is 62.1 cm³/mol. The minimum absolute atomic E-state index is 0.168. The zero-order valence-electron chi connectivity index (χ0n) is 9.46. The lowest BCUT2D eigenvalue weighted by Gasteiger charge is -2.14. The van der Waals surface area contributed by atoms with Crippen LogP contribution in [0.5, 0.6) is 0 Å². The van der Waals surface area contributed by atoms with E-state index in [-0.39, 0.29) is 18.1 Å². The van der Waals surface area contributed by atoms with Crippen LogP contribution >= 0.6 is 0 Å². The number of hydrogen-bond acceptors (Lipinski definition) is 4. The summed E-state index contributed by atoms with van der Waals surface area (Å²) in [7, 11) is -3.58. The summed E-state index contributed by atoms with van der Waals surface area (Å²) in [4.78, 5) is 0.196. The SMILES string of the molecule is Cc1ccc(S(=O)(=O)NC2COCC2O)cc1. The topological polar surface area (TPSA) is 75.6 Å². The molecule has 1 fully saturated rings. The van der Waals surface area contributed by atoms with E-state index in [4.69, 9.17) is 4.74 Å². The molecule has 0 spiro atoms. The first kappa shape index (κ1) is 12.5. The van der Waals surface area contributed by atoms with Crippen LogP contribution in [0.25, 0.3) is 0 Å². The second-order valence-corrected chi connectivity index (χ2v) is 5.86. The summed E-state index contributed by atoms with van der Waals surface area (Å²) < 4.78 is 31.4. The van der Waals surface area contributed by atoms with Gasteiger partial charge in [-0.05, 0) is 19.1 Å². The summed E-state index contributed by atoms with van der Waals surface area (Å²) in [5.41, 5.74) is 0.994. The van der Waals surface area contributed by atoms with Crippen LogP contribution in [0, 0.1) is 6.92 Å². The van der Waals surface area contributed by atoms with Crippen LogP contribution in [0.3, 0.4) is 0 Å². The van der Waals surface area contributed by atoms with Crippen LogP contribution in [0.1, 0.15) is 5.56 Å². The molecule has 2 atom stereocenters. The van der Waals surface area contributed by atoms with E-state index in [0.717, 1.165) is 5.56 Å². The number of aliphatic hydroxyl groups is 1. The lowest BCUT2D eigenvalue weighted by Crippen LogP contribution is -2.42. The maximum atomic E-state index is 12.0. The number of benzene rings is 1. The van der Waals surface area contributed by atoms with Crippen molar-refractivity contribution in [2.45, 2.75) is 24.0 Å². The first-order valence-corrected chi connectivity index (χ1v) is 6.82. The van der Waals surface area contributed by atoms with Crippen molar-refractivity contribution in [3.63, 3.8) is 0 Å². The van der Waals surface area contributed by atoms with Gasteiger partial charge in [-0.3, -0.25) is 0 Å². The highest BCUT2D eigenvalue weighted by molar-refractivity contribution is 7.89. The minimum atomic E-state index is -3.58. The van der Waals surface area contributed by atoms with Gasteiger partial charge in [0.1, 0.15) is 0 Å². The molecule has 94 valence electrons. The second kappa shape index (κ2) is 4.73. The van der Waals surface area contributed by atoms with Gasteiger partial charge in [-0.2, -0.15) is 0 Å². The van der Waals surface area contributed by atoms with Crippen molar-refractivity contribution in [2.24, 2.45) is 0 Å². The van der Waals surface area contributed by atoms with Gasteiger partial charge in [0, 0.05) is 0 Å². The van der Waals surface area contributed by atoms with E-state index < -0.39 is 22.2 Å². The first-order chi connectivity index (χ1) is 7.99. The number of aryl methyl sites for hydroxylation is 1. The molecule has 1 aromatic carbocycles. The molecule has 0 saturated carbocycles. The van der Waals surface area contributed by atoms with Crippen molar-refractivity contribution in [1.82, 2.24) is 4.72 Å². The van der Waals surface area contributed by atoms with E-state index >= 15 is 0 Å². The smallest absolute Gasteiger partial charge is 0.240 e. The Labute approximate surface area is 100 Å². The van der Waals surface area contributed by atoms with Gasteiger partial charge < -0.3 is 9.84 Å². The van der Waals surface area contributed by atoms with Crippen LogP contribution in [-0.2, 0) is 14.8 Å². The van der Waals surface area contributed by atoms with E-state index in [0.29, 0.717) is 0 Å². The highest BCUT2D eigenvalue weighted by atomic mass is 32.2. The average Bonchev–Trinajstić information content (AvgIpc) is 2.64. The van der Waals surface area contributed by atoms with E-state index in [2.05, 4.69) is 4.72 Å². The lowest BCUT2D eigenvalue weighted by atomic mass is 10.2. The molecule has 0 aromatic heterocycles. The van der Waals surface area contributed by atoms with Crippen molar-refractivity contribution in [2.75, 3.05) is 13.2 Å². The molecule has 2 N–H and O–H groups in total. The molecular weight excluding hydrogens is 242 g/mol. The molecule has 0 aliphatic carbocycles. The Bertz CT molecular complexity index is 483. The van der Waals surface area contributed by atoms with Gasteiger partial charge in [-0.1, -0.05) is 17.7 Å². The fourth-order valence-electron chi connectivity index (χ4n) is 1.64. The van der Waals surface area contributed by atoms with Gasteiger partial charge in [-0.25, -0.2) is 13.1 Å². The van der Waals surface area contributed by atoms with Crippen molar-refractivity contribution < 1.29 is 18.3 Å². The molecule has 6 heteroatoms. The third kappa shape index (κ3) is 2.84. The van der Waals surface area contributed by atoms with Gasteiger partial charge in [-0.15, -0.1) is 0 Å². The summed E-state index contributed by atoms with van der Waals surface area (Å²) in [6, 6.07) is 5.98. The fraction of sp³-hybridized carbons (Fsp3) is 0.455. The quantitative estimate of drug-likeness (QED) is 0.801. The summed E-state index contributed by atoms with van der Waals surface area (Å²) in [5.74, 6) is 0. The molecular formula is C11H15NO4S. The van der Waals surface area contributed by atoms with Crippen LogP contribution in [0.4, 0.5) is 0 Å². The second-order valence-electron chi connectivity index (χ2n) is 4.15. The van der Waals surface area contributed by atoms with E-state index in [1.165, 1.54) is 0 Å². The monoisotopic (exact) mass is 257 g/mol. The maximum absolute atomic E-state index is 12.0. The number of hydrogen-bond donors (Lipinski definition) is 2. The van der Waals surface area contributed by atoms with E-state index in [1.807, 2.05) is 6.92 Å². The standard InChI is InChI=1S/C11H15NO4S/c1-8-2-4-9(5-3-8)17(14,15)12-10-6-16-7-11(10)13/h2-5,10-13H,6-7H2,1H3. The summed E-state index contributed by atoms with van der Waals surface area (Å²) in [6.07, 6.45) is -0.782. The number of ether oxygens (including phenoxy) is 1. The molecule has 5 nitrogen and oxygen atoms in total. The maximum Gasteiger partial charge on any atom is 0.240 e. The number of rotatable bonds is 3. The third-order valence-corrected chi connectivity index (χ3v) is 4.19. The number of sulfonamides is 1. The average molecular weight is 257 g/mol. The summed E-state index contributed by atoms with van der Waals surface area (Å²) >= 11 is 0. The van der Waals surface area contributed by atoms with E-state index in [1.54, 1.807) is 24.3 Å². The van der Waals surface area contributed by atoms with Gasteiger partial charge in [0.05, 0.1) is 30.3 Å². The number of nitrogens with one attached hydrogen (secondary N) is 1. The van der Waals surface area contributed by atoms with Gasteiger partial charge in [0.25, 0.3) is 0 Å². The lowest BCUT2D eigenvalue weighted by molar-refractivity contribution is 0.124. The summed E-state index contributed by atoms with van der Waals surface area (Å²) in [5, 5.41) is 9.49. The minimum Gasteiger partial charge on any atom is -0.389 e. The Hall–Kier alpha value is -0.950. The first-order valence-electron chi connectivity index (χ1n) is 5.34. The number of aliphatic hydroxyl groups excluding tert-OH is 1. The molecule has 0 amide bonds. The summed E-state index contributed by atoms with van der Waals surface area (Å²) in [6.45, 7) is 2.26. The Morgan fingerprint density at radius 3 is 2.47 bits per heavy atom.